The molecule has 4 aromatic rings. The fourth-order valence-electron chi connectivity index (χ4n) is 6.46. The fraction of sp³-hybridized carbons (Fsp3) is 0.371. The van der Waals surface area contributed by atoms with E-state index in [4.69, 9.17) is 5.10 Å². The number of likely N-dealkylation sites (N-methyl/N-ethyl adjacent to an activating group) is 1. The molecule has 218 valence electrons. The molecule has 2 aliphatic rings. The maximum Gasteiger partial charge on any atom is 0.116 e. The van der Waals surface area contributed by atoms with E-state index in [0.29, 0.717) is 0 Å². The van der Waals surface area contributed by atoms with Gasteiger partial charge in [0.1, 0.15) is 5.69 Å². The molecule has 7 nitrogen and oxygen atoms in total. The highest BCUT2D eigenvalue weighted by Gasteiger charge is 2.19. The highest BCUT2D eigenvalue weighted by molar-refractivity contribution is 5.96. The van der Waals surface area contributed by atoms with Crippen LogP contribution in [0, 0.1) is 5.92 Å². The number of anilines is 2. The van der Waals surface area contributed by atoms with Crippen LogP contribution in [0.1, 0.15) is 51.0 Å². The van der Waals surface area contributed by atoms with Crippen LogP contribution in [0.3, 0.4) is 0 Å². The Hall–Kier alpha value is -4.10. The Bertz CT molecular complexity index is 1690. The first-order chi connectivity index (χ1) is 20.5. The Labute approximate surface area is 248 Å². The molecule has 7 heteroatoms. The van der Waals surface area contributed by atoms with Crippen molar-refractivity contribution >= 4 is 40.0 Å². The van der Waals surface area contributed by atoms with E-state index >= 15 is 0 Å². The summed E-state index contributed by atoms with van der Waals surface area (Å²) in [5, 5.41) is 14.7. The minimum atomic E-state index is 0.740. The summed E-state index contributed by atoms with van der Waals surface area (Å²) in [5.41, 5.74) is 8.12. The Kier molecular flexibility index (Phi) is 8.29. The number of rotatable bonds is 8. The van der Waals surface area contributed by atoms with Gasteiger partial charge >= 0.3 is 0 Å². The van der Waals surface area contributed by atoms with E-state index in [2.05, 4.69) is 92.9 Å². The first-order valence-corrected chi connectivity index (χ1v) is 15.4. The summed E-state index contributed by atoms with van der Waals surface area (Å²) in [5.74, 6) is 0.740. The van der Waals surface area contributed by atoms with Crippen LogP contribution in [0.4, 0.5) is 11.4 Å². The van der Waals surface area contributed by atoms with Crippen LogP contribution in [0.5, 0.6) is 0 Å². The average molecular weight is 562 g/mol. The summed E-state index contributed by atoms with van der Waals surface area (Å²) in [6.07, 6.45) is 15.6. The van der Waals surface area contributed by atoms with E-state index in [9.17, 15) is 0 Å². The van der Waals surface area contributed by atoms with Crippen LogP contribution in [0.15, 0.2) is 61.6 Å². The third kappa shape index (κ3) is 6.07. The molecule has 1 aliphatic heterocycles. The molecule has 0 amide bonds. The number of nitrogens with one attached hydrogen (secondary N) is 3. The first kappa shape index (κ1) is 28.0. The molecule has 42 heavy (non-hydrogen) atoms. The molecule has 0 radical (unpaired) electrons. The third-order valence-electron chi connectivity index (χ3n) is 8.87. The number of fused-ring (bicyclic) bond motifs is 1. The van der Waals surface area contributed by atoms with Gasteiger partial charge in [0.05, 0.1) is 22.9 Å². The van der Waals surface area contributed by atoms with Crippen LogP contribution in [-0.2, 0) is 0 Å². The second-order valence-corrected chi connectivity index (χ2v) is 12.0. The van der Waals surface area contributed by atoms with Crippen molar-refractivity contribution in [2.24, 2.45) is 5.92 Å². The molecule has 0 spiro atoms. The van der Waals surface area contributed by atoms with Crippen LogP contribution >= 0.6 is 0 Å². The maximum atomic E-state index is 4.74. The van der Waals surface area contributed by atoms with Crippen LogP contribution < -0.4 is 20.8 Å². The predicted octanol–water partition coefficient (Wildman–Crippen LogP) is 5.90. The van der Waals surface area contributed by atoms with Crippen molar-refractivity contribution in [3.63, 3.8) is 0 Å². The molecule has 0 atom stereocenters. The summed E-state index contributed by atoms with van der Waals surface area (Å²) in [7, 11) is 2.19. The molecular weight excluding hydrogens is 518 g/mol. The standard InChI is InChI=1S/C35H43N7/c1-5-31-30(18-24(2)27-20-28(23-36-22-27)37-25(3)19-26-10-7-6-8-11-26)35(40-39-31)33-21-29-32(38-33)12-9-13-34(29)42-16-14-41(4)15-17-42/h5,9,12-13,18,20-23,26,37-39H,2-3,6-8,10-11,14-17,19H2,1,4H3/b30-18+,31-5+. The van der Waals surface area contributed by atoms with Gasteiger partial charge in [0.25, 0.3) is 0 Å². The second kappa shape index (κ2) is 12.4. The molecule has 0 bridgehead atoms. The fourth-order valence-corrected chi connectivity index (χ4v) is 6.46. The van der Waals surface area contributed by atoms with Gasteiger partial charge in [0, 0.05) is 65.4 Å². The molecule has 3 aromatic heterocycles. The highest BCUT2D eigenvalue weighted by Crippen LogP contribution is 2.31. The summed E-state index contributed by atoms with van der Waals surface area (Å²) in [4.78, 5) is 13.0. The van der Waals surface area contributed by atoms with Gasteiger partial charge in [-0.3, -0.25) is 10.1 Å². The second-order valence-electron chi connectivity index (χ2n) is 12.0. The van der Waals surface area contributed by atoms with Gasteiger partial charge in [-0.25, -0.2) is 0 Å². The highest BCUT2D eigenvalue weighted by atomic mass is 15.2. The number of nitrogens with zero attached hydrogens (tertiary/aromatic N) is 4. The zero-order valence-electron chi connectivity index (χ0n) is 25.0. The van der Waals surface area contributed by atoms with E-state index in [1.165, 1.54) is 43.2 Å². The lowest BCUT2D eigenvalue weighted by Crippen LogP contribution is -2.44. The normalized spacial score (nSPS) is 17.7. The Morgan fingerprint density at radius 3 is 2.67 bits per heavy atom. The van der Waals surface area contributed by atoms with Gasteiger partial charge < -0.3 is 20.1 Å². The van der Waals surface area contributed by atoms with E-state index in [1.807, 2.05) is 19.3 Å². The number of hydrogen-bond acceptors (Lipinski definition) is 5. The zero-order valence-corrected chi connectivity index (χ0v) is 25.0. The van der Waals surface area contributed by atoms with Crippen LogP contribution in [0.2, 0.25) is 0 Å². The molecule has 1 saturated carbocycles. The Morgan fingerprint density at radius 2 is 1.88 bits per heavy atom. The van der Waals surface area contributed by atoms with Gasteiger partial charge in [-0.2, -0.15) is 5.10 Å². The van der Waals surface area contributed by atoms with Crippen LogP contribution in [-0.4, -0.2) is 58.3 Å². The average Bonchev–Trinajstić information content (AvgIpc) is 3.62. The van der Waals surface area contributed by atoms with Gasteiger partial charge in [-0.15, -0.1) is 0 Å². The molecule has 6 rings (SSSR count). The van der Waals surface area contributed by atoms with Gasteiger partial charge in [0.15, 0.2) is 0 Å². The minimum absolute atomic E-state index is 0.740. The van der Waals surface area contributed by atoms with Crippen molar-refractivity contribution < 1.29 is 0 Å². The van der Waals surface area contributed by atoms with Crippen molar-refractivity contribution in [3.05, 3.63) is 77.7 Å². The van der Waals surface area contributed by atoms with Gasteiger partial charge in [-0.1, -0.05) is 57.4 Å². The van der Waals surface area contributed by atoms with Crippen LogP contribution in [0.25, 0.3) is 40.0 Å². The summed E-state index contributed by atoms with van der Waals surface area (Å²) in [6, 6.07) is 10.9. The van der Waals surface area contributed by atoms with E-state index in [0.717, 1.165) is 88.5 Å². The lowest BCUT2D eigenvalue weighted by atomic mass is 9.86. The lowest BCUT2D eigenvalue weighted by molar-refractivity contribution is 0.313. The van der Waals surface area contributed by atoms with E-state index < -0.39 is 0 Å². The van der Waals surface area contributed by atoms with Crippen molar-refractivity contribution in [2.75, 3.05) is 43.4 Å². The van der Waals surface area contributed by atoms with Gasteiger partial charge in [-0.05, 0) is 62.2 Å². The third-order valence-corrected chi connectivity index (χ3v) is 8.87. The number of H-pyrrole nitrogens is 2. The molecule has 3 N–H and O–H groups in total. The number of aromatic nitrogens is 4. The summed E-state index contributed by atoms with van der Waals surface area (Å²) < 4.78 is 0. The molecule has 1 saturated heterocycles. The summed E-state index contributed by atoms with van der Waals surface area (Å²) in [6.45, 7) is 15.0. The Balaban J connectivity index is 1.27. The van der Waals surface area contributed by atoms with E-state index in [1.54, 1.807) is 0 Å². The number of aromatic amines is 2. The predicted molar refractivity (Wildman–Crippen MR) is 177 cm³/mol. The molecule has 4 heterocycles. The maximum absolute atomic E-state index is 4.74. The molecule has 0 unspecified atom stereocenters. The van der Waals surface area contributed by atoms with Crippen molar-refractivity contribution in [2.45, 2.75) is 45.4 Å². The monoisotopic (exact) mass is 561 g/mol. The number of hydrogen-bond donors (Lipinski definition) is 3. The van der Waals surface area contributed by atoms with Crippen molar-refractivity contribution in [1.82, 2.24) is 25.1 Å². The largest absolute Gasteiger partial charge is 0.368 e. The smallest absolute Gasteiger partial charge is 0.116 e. The minimum Gasteiger partial charge on any atom is -0.368 e. The number of benzene rings is 1. The van der Waals surface area contributed by atoms with Crippen molar-refractivity contribution in [1.29, 1.82) is 0 Å². The topological polar surface area (TPSA) is 75.9 Å². The molecule has 1 aliphatic carbocycles. The Morgan fingerprint density at radius 1 is 1.07 bits per heavy atom. The molecule has 1 aromatic carbocycles. The quantitative estimate of drug-likeness (QED) is 0.250. The van der Waals surface area contributed by atoms with Gasteiger partial charge in [0.2, 0.25) is 0 Å². The first-order valence-electron chi connectivity index (χ1n) is 15.4. The van der Waals surface area contributed by atoms with Crippen molar-refractivity contribution in [3.8, 4) is 11.4 Å². The molecule has 2 fully saturated rings. The number of piperazine rings is 1. The summed E-state index contributed by atoms with van der Waals surface area (Å²) >= 11 is 0. The number of allylic oxidation sites excluding steroid dienone is 2. The van der Waals surface area contributed by atoms with E-state index in [-0.39, 0.29) is 0 Å². The number of pyridine rings is 1. The zero-order chi connectivity index (χ0) is 29.1. The SMILES string of the molecule is C=C(CC1CCCCC1)Nc1cncc(C(=C)/C=c2/c(-c3cc4c(N5CCN(C)CC5)cccc4[nH]3)n[nH]/c2=C/C)c1. The lowest BCUT2D eigenvalue weighted by Gasteiger charge is -2.34. The molecular formula is C35H43N7.